The lowest BCUT2D eigenvalue weighted by Gasteiger charge is -2.11. The van der Waals surface area contributed by atoms with Gasteiger partial charge in [0.1, 0.15) is 18.2 Å². The van der Waals surface area contributed by atoms with Crippen LogP contribution in [0.1, 0.15) is 5.56 Å². The second kappa shape index (κ2) is 6.25. The third-order valence-electron chi connectivity index (χ3n) is 2.48. The van der Waals surface area contributed by atoms with Crippen molar-refractivity contribution >= 4 is 27.7 Å². The highest BCUT2D eigenvalue weighted by atomic mass is 79.9. The van der Waals surface area contributed by atoms with Crippen LogP contribution in [-0.2, 0) is 6.61 Å². The van der Waals surface area contributed by atoms with Crippen LogP contribution in [0.4, 0.5) is 4.39 Å². The smallest absolute Gasteiger partial charge is 0.137 e. The zero-order valence-corrected chi connectivity index (χ0v) is 12.2. The summed E-state index contributed by atoms with van der Waals surface area (Å²) in [6.45, 7) is 0.343. The van der Waals surface area contributed by atoms with E-state index < -0.39 is 0 Å². The van der Waals surface area contributed by atoms with E-state index in [1.165, 1.54) is 6.07 Å². The van der Waals surface area contributed by atoms with Crippen molar-refractivity contribution < 1.29 is 9.13 Å². The predicted octanol–water partition coefficient (Wildman–Crippen LogP) is 4.89. The molecule has 2 aromatic carbocycles. The van der Waals surface area contributed by atoms with Crippen LogP contribution in [-0.4, -0.2) is 6.26 Å². The van der Waals surface area contributed by atoms with Gasteiger partial charge in [0, 0.05) is 10.5 Å². The lowest BCUT2D eigenvalue weighted by molar-refractivity contribution is 0.297. The van der Waals surface area contributed by atoms with Crippen LogP contribution >= 0.6 is 27.7 Å². The van der Waals surface area contributed by atoms with Crippen LogP contribution in [0.5, 0.6) is 5.75 Å². The van der Waals surface area contributed by atoms with E-state index in [1.54, 1.807) is 17.8 Å². The van der Waals surface area contributed by atoms with Crippen LogP contribution in [0.15, 0.2) is 51.8 Å². The molecule has 0 spiro atoms. The van der Waals surface area contributed by atoms with E-state index in [-0.39, 0.29) is 5.82 Å². The lowest BCUT2D eigenvalue weighted by Crippen LogP contribution is -1.98. The monoisotopic (exact) mass is 326 g/mol. The Morgan fingerprint density at radius 1 is 1.17 bits per heavy atom. The molecule has 0 N–H and O–H groups in total. The van der Waals surface area contributed by atoms with Crippen molar-refractivity contribution in [3.63, 3.8) is 0 Å². The number of ether oxygens (including phenoxy) is 1. The van der Waals surface area contributed by atoms with E-state index in [2.05, 4.69) is 15.9 Å². The van der Waals surface area contributed by atoms with Gasteiger partial charge in [-0.3, -0.25) is 0 Å². The molecule has 2 rings (SSSR count). The van der Waals surface area contributed by atoms with Crippen LogP contribution in [0.3, 0.4) is 0 Å². The normalized spacial score (nSPS) is 10.4. The van der Waals surface area contributed by atoms with Gasteiger partial charge in [-0.25, -0.2) is 4.39 Å². The maximum absolute atomic E-state index is 13.3. The van der Waals surface area contributed by atoms with Gasteiger partial charge in [0.2, 0.25) is 0 Å². The molecule has 0 aliphatic carbocycles. The fraction of sp³-hybridized carbons (Fsp3) is 0.143. The zero-order valence-electron chi connectivity index (χ0n) is 9.82. The van der Waals surface area contributed by atoms with E-state index in [9.17, 15) is 4.39 Å². The van der Waals surface area contributed by atoms with Gasteiger partial charge in [-0.15, -0.1) is 11.8 Å². The van der Waals surface area contributed by atoms with E-state index in [0.717, 1.165) is 16.2 Å². The van der Waals surface area contributed by atoms with Gasteiger partial charge in [0.05, 0.1) is 4.47 Å². The highest BCUT2D eigenvalue weighted by Gasteiger charge is 2.07. The van der Waals surface area contributed by atoms with Gasteiger partial charge in [0.15, 0.2) is 0 Å². The first-order valence-electron chi connectivity index (χ1n) is 5.41. The molecule has 94 valence electrons. The first-order valence-corrected chi connectivity index (χ1v) is 7.43. The van der Waals surface area contributed by atoms with Gasteiger partial charge in [-0.2, -0.15) is 0 Å². The van der Waals surface area contributed by atoms with E-state index in [1.807, 2.05) is 36.6 Å². The number of halogens is 2. The molecule has 18 heavy (non-hydrogen) atoms. The third kappa shape index (κ3) is 3.06. The molecule has 0 heterocycles. The molecule has 0 unspecified atom stereocenters. The summed E-state index contributed by atoms with van der Waals surface area (Å²) in [4.78, 5) is 1.07. The standard InChI is InChI=1S/C14H12BrFOS/c1-18-13-8-3-2-7-12(13)17-9-10-5-4-6-11(16)14(10)15/h2-8H,9H2,1H3. The molecular formula is C14H12BrFOS. The maximum Gasteiger partial charge on any atom is 0.137 e. The zero-order chi connectivity index (χ0) is 13.0. The highest BCUT2D eigenvalue weighted by Crippen LogP contribution is 2.28. The van der Waals surface area contributed by atoms with Crippen molar-refractivity contribution in [1.29, 1.82) is 0 Å². The fourth-order valence-electron chi connectivity index (χ4n) is 1.55. The van der Waals surface area contributed by atoms with E-state index >= 15 is 0 Å². The Morgan fingerprint density at radius 3 is 2.72 bits per heavy atom. The summed E-state index contributed by atoms with van der Waals surface area (Å²) < 4.78 is 19.5. The molecule has 4 heteroatoms. The number of benzene rings is 2. The number of rotatable bonds is 4. The van der Waals surface area contributed by atoms with Crippen molar-refractivity contribution in [1.82, 2.24) is 0 Å². The Balaban J connectivity index is 2.14. The summed E-state index contributed by atoms with van der Waals surface area (Å²) in [5.74, 6) is 0.551. The summed E-state index contributed by atoms with van der Waals surface area (Å²) in [5, 5.41) is 0. The average Bonchev–Trinajstić information content (AvgIpc) is 2.41. The Morgan fingerprint density at radius 2 is 1.94 bits per heavy atom. The van der Waals surface area contributed by atoms with Crippen molar-refractivity contribution in [2.75, 3.05) is 6.26 Å². The van der Waals surface area contributed by atoms with Gasteiger partial charge in [-0.1, -0.05) is 24.3 Å². The first-order chi connectivity index (χ1) is 8.72. The fourth-order valence-corrected chi connectivity index (χ4v) is 2.48. The van der Waals surface area contributed by atoms with Gasteiger partial charge in [0.25, 0.3) is 0 Å². The molecule has 0 fully saturated rings. The molecule has 0 aromatic heterocycles. The second-order valence-electron chi connectivity index (χ2n) is 3.65. The minimum absolute atomic E-state index is 0.269. The van der Waals surface area contributed by atoms with Crippen LogP contribution in [0.2, 0.25) is 0 Å². The molecule has 0 saturated heterocycles. The van der Waals surface area contributed by atoms with E-state index in [4.69, 9.17) is 4.74 Å². The molecule has 0 saturated carbocycles. The third-order valence-corrected chi connectivity index (χ3v) is 4.15. The quantitative estimate of drug-likeness (QED) is 0.740. The lowest BCUT2D eigenvalue weighted by atomic mass is 10.2. The van der Waals surface area contributed by atoms with Crippen molar-refractivity contribution in [2.24, 2.45) is 0 Å². The Hall–Kier alpha value is -1.00. The van der Waals surface area contributed by atoms with Crippen LogP contribution in [0.25, 0.3) is 0 Å². The Labute approximate surface area is 118 Å². The van der Waals surface area contributed by atoms with Gasteiger partial charge >= 0.3 is 0 Å². The number of para-hydroxylation sites is 1. The van der Waals surface area contributed by atoms with Gasteiger partial charge in [-0.05, 0) is 40.4 Å². The second-order valence-corrected chi connectivity index (χ2v) is 5.29. The Kier molecular flexibility index (Phi) is 4.66. The summed E-state index contributed by atoms with van der Waals surface area (Å²) in [6, 6.07) is 12.8. The molecule has 1 nitrogen and oxygen atoms in total. The van der Waals surface area contributed by atoms with Crippen molar-refractivity contribution in [3.8, 4) is 5.75 Å². The maximum atomic E-state index is 13.3. The van der Waals surface area contributed by atoms with E-state index in [0.29, 0.717) is 11.1 Å². The molecule has 0 radical (unpaired) electrons. The summed E-state index contributed by atoms with van der Waals surface area (Å²) in [6.07, 6.45) is 2.00. The molecule has 0 aliphatic heterocycles. The molecule has 0 amide bonds. The summed E-state index contributed by atoms with van der Waals surface area (Å²) in [5.41, 5.74) is 0.797. The van der Waals surface area contributed by atoms with Crippen molar-refractivity contribution in [2.45, 2.75) is 11.5 Å². The Bertz CT molecular complexity index is 545. The van der Waals surface area contributed by atoms with Crippen molar-refractivity contribution in [3.05, 3.63) is 58.3 Å². The van der Waals surface area contributed by atoms with Gasteiger partial charge < -0.3 is 4.74 Å². The SMILES string of the molecule is CSc1ccccc1OCc1cccc(F)c1Br. The van der Waals surface area contributed by atoms with Crippen LogP contribution in [0, 0.1) is 5.82 Å². The topological polar surface area (TPSA) is 9.23 Å². The number of hydrogen-bond donors (Lipinski definition) is 0. The average molecular weight is 327 g/mol. The summed E-state index contributed by atoms with van der Waals surface area (Å²) in [7, 11) is 0. The molecular weight excluding hydrogens is 315 g/mol. The largest absolute Gasteiger partial charge is 0.488 e. The summed E-state index contributed by atoms with van der Waals surface area (Å²) >= 11 is 4.86. The first kappa shape index (κ1) is 13.4. The minimum atomic E-state index is -0.269. The highest BCUT2D eigenvalue weighted by molar-refractivity contribution is 9.10. The minimum Gasteiger partial charge on any atom is -0.488 e. The van der Waals surface area contributed by atoms with Crippen LogP contribution < -0.4 is 4.74 Å². The number of hydrogen-bond acceptors (Lipinski definition) is 2. The predicted molar refractivity (Wildman–Crippen MR) is 76.7 cm³/mol. The number of thioether (sulfide) groups is 1. The molecule has 0 aliphatic rings. The molecule has 0 atom stereocenters. The molecule has 0 bridgehead atoms. The molecule has 2 aromatic rings.